The lowest BCUT2D eigenvalue weighted by atomic mass is 10.2. The normalized spacial score (nSPS) is 11.4. The molecule has 9 nitrogen and oxygen atoms in total. The van der Waals surface area contributed by atoms with Crippen LogP contribution in [0.5, 0.6) is 0 Å². The summed E-state index contributed by atoms with van der Waals surface area (Å²) in [4.78, 5) is 13.9. The molecule has 0 bridgehead atoms. The third-order valence-electron chi connectivity index (χ3n) is 3.68. The first-order valence-electron chi connectivity index (χ1n) is 8.25. The maximum Gasteiger partial charge on any atom is 0.270 e. The quantitative estimate of drug-likeness (QED) is 0.118. The Kier molecular flexibility index (Phi) is 9.91. The number of benzene rings is 2. The number of hydrogen-bond donors (Lipinski definition) is 3. The van der Waals surface area contributed by atoms with Gasteiger partial charge >= 0.3 is 0 Å². The van der Waals surface area contributed by atoms with Crippen LogP contribution in [0.25, 0.3) is 0 Å². The number of rotatable bonds is 8. The molecule has 0 saturated carbocycles. The fourth-order valence-corrected chi connectivity index (χ4v) is 3.33. The molecule has 2 aromatic rings. The average molecular weight is 537 g/mol. The Morgan fingerprint density at radius 3 is 2.52 bits per heavy atom. The number of hydrogen-bond acceptors (Lipinski definition) is 5. The summed E-state index contributed by atoms with van der Waals surface area (Å²) >= 11 is 0. The Morgan fingerprint density at radius 2 is 1.86 bits per heavy atom. The largest absolute Gasteiger partial charge is 0.355 e. The van der Waals surface area contributed by atoms with Crippen LogP contribution in [0.15, 0.2) is 58.4 Å². The summed E-state index contributed by atoms with van der Waals surface area (Å²) in [6.45, 7) is 0.433. The van der Waals surface area contributed by atoms with Crippen LogP contribution in [0.4, 0.5) is 10.1 Å². The van der Waals surface area contributed by atoms with E-state index < -0.39 is 14.9 Å². The predicted octanol–water partition coefficient (Wildman–Crippen LogP) is 2.00. The van der Waals surface area contributed by atoms with Crippen molar-refractivity contribution in [3.63, 3.8) is 0 Å². The van der Waals surface area contributed by atoms with Crippen molar-refractivity contribution in [1.82, 2.24) is 15.4 Å². The van der Waals surface area contributed by atoms with E-state index in [1.54, 1.807) is 18.2 Å². The van der Waals surface area contributed by atoms with Crippen molar-refractivity contribution in [3.05, 3.63) is 70.0 Å². The van der Waals surface area contributed by atoms with Gasteiger partial charge in [-0.25, -0.2) is 17.5 Å². The van der Waals surface area contributed by atoms with Crippen molar-refractivity contribution in [2.24, 2.45) is 4.99 Å². The van der Waals surface area contributed by atoms with E-state index in [-0.39, 0.29) is 60.0 Å². The number of nitrogens with zero attached hydrogens (tertiary/aromatic N) is 2. The summed E-state index contributed by atoms with van der Waals surface area (Å²) in [6, 6.07) is 11.1. The zero-order chi connectivity index (χ0) is 20.6. The fraction of sp³-hybridized carbons (Fsp3) is 0.235. The molecule has 0 fully saturated rings. The van der Waals surface area contributed by atoms with E-state index in [1.165, 1.54) is 31.3 Å². The Bertz CT molecular complexity index is 972. The first-order valence-corrected chi connectivity index (χ1v) is 9.74. The van der Waals surface area contributed by atoms with Gasteiger partial charge in [0, 0.05) is 44.4 Å². The molecule has 0 aliphatic rings. The van der Waals surface area contributed by atoms with Crippen LogP contribution in [-0.4, -0.2) is 39.4 Å². The second-order valence-corrected chi connectivity index (χ2v) is 7.36. The van der Waals surface area contributed by atoms with Gasteiger partial charge in [-0.3, -0.25) is 15.1 Å². The lowest BCUT2D eigenvalue weighted by Gasteiger charge is -2.13. The summed E-state index contributed by atoms with van der Waals surface area (Å²) in [6.07, 6.45) is 0. The first-order chi connectivity index (χ1) is 13.3. The molecule has 12 heteroatoms. The van der Waals surface area contributed by atoms with Gasteiger partial charge in [0.1, 0.15) is 5.82 Å². The van der Waals surface area contributed by atoms with Crippen LogP contribution in [-0.2, 0) is 16.6 Å². The SMILES string of the molecule is CN=C(NCCNS(=O)(=O)c1cccc([N+](=O)[O-])c1)NCc1ccccc1F.I. The van der Waals surface area contributed by atoms with Crippen LogP contribution < -0.4 is 15.4 Å². The molecule has 0 radical (unpaired) electrons. The van der Waals surface area contributed by atoms with E-state index in [9.17, 15) is 22.9 Å². The third kappa shape index (κ3) is 7.55. The second-order valence-electron chi connectivity index (χ2n) is 5.60. The molecule has 0 spiro atoms. The average Bonchev–Trinajstić information content (AvgIpc) is 2.68. The molecule has 3 N–H and O–H groups in total. The smallest absolute Gasteiger partial charge is 0.270 e. The van der Waals surface area contributed by atoms with Gasteiger partial charge in [0.25, 0.3) is 5.69 Å². The third-order valence-corrected chi connectivity index (χ3v) is 5.13. The molecule has 0 amide bonds. The van der Waals surface area contributed by atoms with E-state index in [4.69, 9.17) is 0 Å². The zero-order valence-electron chi connectivity index (χ0n) is 15.5. The molecule has 0 unspecified atom stereocenters. The first kappa shape index (κ1) is 24.7. The minimum atomic E-state index is -3.89. The fourth-order valence-electron chi connectivity index (χ4n) is 2.26. The van der Waals surface area contributed by atoms with Crippen molar-refractivity contribution >= 4 is 45.6 Å². The number of non-ortho nitro benzene ring substituents is 1. The molecule has 0 heterocycles. The number of guanidine groups is 1. The highest BCUT2D eigenvalue weighted by Crippen LogP contribution is 2.16. The summed E-state index contributed by atoms with van der Waals surface area (Å²) < 4.78 is 40.4. The Labute approximate surface area is 185 Å². The van der Waals surface area contributed by atoms with Gasteiger partial charge in [0.2, 0.25) is 10.0 Å². The van der Waals surface area contributed by atoms with Crippen molar-refractivity contribution in [2.75, 3.05) is 20.1 Å². The van der Waals surface area contributed by atoms with Crippen LogP contribution in [0, 0.1) is 15.9 Å². The van der Waals surface area contributed by atoms with Gasteiger partial charge in [0.05, 0.1) is 9.82 Å². The Hall–Kier alpha value is -2.32. The standard InChI is InChI=1S/C17H20FN5O4S.HI/c1-19-17(21-12-13-5-2-3-8-16(13)18)20-9-10-22-28(26,27)15-7-4-6-14(11-15)23(24)25;/h2-8,11,22H,9-10,12H2,1H3,(H2,19,20,21);1H. The van der Waals surface area contributed by atoms with Gasteiger partial charge in [-0.05, 0) is 12.1 Å². The Morgan fingerprint density at radius 1 is 1.14 bits per heavy atom. The molecule has 0 saturated heterocycles. The lowest BCUT2D eigenvalue weighted by Crippen LogP contribution is -2.41. The number of nitro groups is 1. The maximum absolute atomic E-state index is 13.6. The van der Waals surface area contributed by atoms with Gasteiger partial charge in [-0.15, -0.1) is 24.0 Å². The van der Waals surface area contributed by atoms with Crippen molar-refractivity contribution < 1.29 is 17.7 Å². The van der Waals surface area contributed by atoms with E-state index >= 15 is 0 Å². The summed E-state index contributed by atoms with van der Waals surface area (Å²) in [5.74, 6) is 0.0352. The number of aliphatic imine (C=N–C) groups is 1. The van der Waals surface area contributed by atoms with Gasteiger partial charge in [-0.2, -0.15) is 0 Å². The Balaban J connectivity index is 0.00000420. The highest BCUT2D eigenvalue weighted by atomic mass is 127. The van der Waals surface area contributed by atoms with Gasteiger partial charge < -0.3 is 10.6 Å². The monoisotopic (exact) mass is 537 g/mol. The number of nitro benzene ring substituents is 1. The second kappa shape index (κ2) is 11.6. The maximum atomic E-state index is 13.6. The number of sulfonamides is 1. The van der Waals surface area contributed by atoms with Crippen LogP contribution >= 0.6 is 24.0 Å². The van der Waals surface area contributed by atoms with Crippen molar-refractivity contribution in [3.8, 4) is 0 Å². The predicted molar refractivity (Wildman–Crippen MR) is 118 cm³/mol. The van der Waals surface area contributed by atoms with Gasteiger partial charge in [-0.1, -0.05) is 24.3 Å². The molecule has 0 aromatic heterocycles. The van der Waals surface area contributed by atoms with E-state index in [2.05, 4.69) is 20.3 Å². The zero-order valence-corrected chi connectivity index (χ0v) is 18.6. The molecular weight excluding hydrogens is 516 g/mol. The van der Waals surface area contributed by atoms with Crippen LogP contribution in [0.1, 0.15) is 5.56 Å². The molecule has 0 aliphatic carbocycles. The van der Waals surface area contributed by atoms with Crippen LogP contribution in [0.3, 0.4) is 0 Å². The highest BCUT2D eigenvalue weighted by Gasteiger charge is 2.17. The molecule has 29 heavy (non-hydrogen) atoms. The molecule has 2 aromatic carbocycles. The van der Waals surface area contributed by atoms with E-state index in [0.717, 1.165) is 6.07 Å². The molecule has 0 atom stereocenters. The number of nitrogens with one attached hydrogen (secondary N) is 3. The molecule has 2 rings (SSSR count). The minimum absolute atomic E-state index is 0. The van der Waals surface area contributed by atoms with E-state index in [0.29, 0.717) is 11.5 Å². The number of halogens is 2. The van der Waals surface area contributed by atoms with E-state index in [1.807, 2.05) is 0 Å². The minimum Gasteiger partial charge on any atom is -0.355 e. The molecular formula is C17H21FIN5O4S. The summed E-state index contributed by atoms with van der Waals surface area (Å²) in [5.41, 5.74) is 0.163. The lowest BCUT2D eigenvalue weighted by molar-refractivity contribution is -0.385. The summed E-state index contributed by atoms with van der Waals surface area (Å²) in [7, 11) is -2.35. The molecule has 0 aliphatic heterocycles. The van der Waals surface area contributed by atoms with Crippen LogP contribution in [0.2, 0.25) is 0 Å². The molecule has 158 valence electrons. The van der Waals surface area contributed by atoms with Crippen molar-refractivity contribution in [2.45, 2.75) is 11.4 Å². The summed E-state index contributed by atoms with van der Waals surface area (Å²) in [5, 5.41) is 16.6. The highest BCUT2D eigenvalue weighted by molar-refractivity contribution is 14.0. The topological polar surface area (TPSA) is 126 Å². The van der Waals surface area contributed by atoms with Crippen molar-refractivity contribution in [1.29, 1.82) is 0 Å². The van der Waals surface area contributed by atoms with Gasteiger partial charge in [0.15, 0.2) is 5.96 Å².